The second kappa shape index (κ2) is 6.08. The van der Waals surface area contributed by atoms with Crippen molar-refractivity contribution in [3.05, 3.63) is 0 Å². The average Bonchev–Trinajstić information content (AvgIpc) is 3.04. The molecule has 5 heteroatoms. The van der Waals surface area contributed by atoms with Crippen molar-refractivity contribution < 1.29 is 8.85 Å². The second-order valence-electron chi connectivity index (χ2n) is 9.60. The summed E-state index contributed by atoms with van der Waals surface area (Å²) < 4.78 is 13.9. The van der Waals surface area contributed by atoms with E-state index in [0.29, 0.717) is 0 Å². The fourth-order valence-corrected chi connectivity index (χ4v) is 20.0. The molecule has 0 aromatic rings. The minimum Gasteiger partial charge on any atom is -0.412 e. The van der Waals surface area contributed by atoms with Crippen LogP contribution in [0.25, 0.3) is 0 Å². The van der Waals surface area contributed by atoms with Crippen LogP contribution in [0.2, 0.25) is 49.9 Å². The Bertz CT molecular complexity index is 444. The average molecular weight is 373 g/mol. The molecule has 2 bridgehead atoms. The highest BCUT2D eigenvalue weighted by atomic mass is 28.4. The first-order valence-electron chi connectivity index (χ1n) is 9.83. The Kier molecular flexibility index (Phi) is 5.26. The van der Waals surface area contributed by atoms with Gasteiger partial charge in [0.25, 0.3) is 0 Å². The van der Waals surface area contributed by atoms with E-state index in [9.17, 15) is 0 Å². The van der Waals surface area contributed by atoms with Crippen molar-refractivity contribution in [2.45, 2.75) is 114 Å². The van der Waals surface area contributed by atoms with Gasteiger partial charge in [0.2, 0.25) is 8.32 Å². The van der Waals surface area contributed by atoms with Crippen molar-refractivity contribution in [1.82, 2.24) is 0 Å². The smallest absolute Gasteiger partial charge is 0.225 e. The lowest BCUT2D eigenvalue weighted by Crippen LogP contribution is -2.75. The quantitative estimate of drug-likeness (QED) is 0.479. The van der Waals surface area contributed by atoms with Crippen LogP contribution in [0.3, 0.4) is 0 Å². The van der Waals surface area contributed by atoms with Gasteiger partial charge in [0.1, 0.15) is 0 Å². The van der Waals surface area contributed by atoms with Gasteiger partial charge in [0, 0.05) is 5.22 Å². The third-order valence-electron chi connectivity index (χ3n) is 7.90. The molecule has 23 heavy (non-hydrogen) atoms. The van der Waals surface area contributed by atoms with Gasteiger partial charge in [0.15, 0.2) is 8.32 Å². The standard InChI is InChI=1S/C18H40O2Si3/c1-10-16(4)22(8,9)18-13-14-23(15-18,20-18)17(5,11-2)19-21(6,7)12-3/h16H,10-15H2,1-9H3. The molecule has 0 aromatic heterocycles. The topological polar surface area (TPSA) is 18.5 Å². The van der Waals surface area contributed by atoms with Crippen LogP contribution in [0.1, 0.15) is 53.9 Å². The van der Waals surface area contributed by atoms with E-state index < -0.39 is 24.7 Å². The summed E-state index contributed by atoms with van der Waals surface area (Å²) in [5, 5.41) is 0.324. The lowest BCUT2D eigenvalue weighted by atomic mass is 10.3. The van der Waals surface area contributed by atoms with Crippen molar-refractivity contribution in [2.75, 3.05) is 0 Å². The zero-order chi connectivity index (χ0) is 17.7. The lowest BCUT2D eigenvalue weighted by molar-refractivity contribution is 0.0489. The van der Waals surface area contributed by atoms with Gasteiger partial charge in [-0.3, -0.25) is 0 Å². The highest BCUT2D eigenvalue weighted by Crippen LogP contribution is 2.64. The first kappa shape index (κ1) is 19.9. The van der Waals surface area contributed by atoms with Crippen LogP contribution in [-0.2, 0) is 8.85 Å². The summed E-state index contributed by atoms with van der Waals surface area (Å²) in [4.78, 5) is 0. The molecule has 3 aliphatic heterocycles. The number of hydrogen-bond donors (Lipinski definition) is 0. The molecule has 0 radical (unpaired) electrons. The van der Waals surface area contributed by atoms with Gasteiger partial charge in [0.05, 0.1) is 13.3 Å². The molecule has 0 spiro atoms. The Morgan fingerprint density at radius 1 is 1.22 bits per heavy atom. The summed E-state index contributed by atoms with van der Waals surface area (Å²) in [6.45, 7) is 21.8. The summed E-state index contributed by atoms with van der Waals surface area (Å²) in [6, 6.07) is 3.94. The molecule has 3 aliphatic rings. The SMILES string of the molecule is CCC(C)[Si](C)(C)C12CC[Si](C(C)(CC)O[Si](C)(C)CC)(C1)O2. The summed E-state index contributed by atoms with van der Waals surface area (Å²) in [5.41, 5.74) is 0.850. The lowest BCUT2D eigenvalue weighted by Gasteiger charge is -2.61. The number of fused-ring (bicyclic) bond motifs is 1. The van der Waals surface area contributed by atoms with Crippen molar-refractivity contribution >= 4 is 24.7 Å². The van der Waals surface area contributed by atoms with Crippen molar-refractivity contribution in [1.29, 1.82) is 0 Å². The number of hydrogen-bond acceptors (Lipinski definition) is 2. The molecule has 3 fully saturated rings. The maximum Gasteiger partial charge on any atom is 0.225 e. The monoisotopic (exact) mass is 372 g/mol. The molecule has 2 nitrogen and oxygen atoms in total. The van der Waals surface area contributed by atoms with E-state index in [0.717, 1.165) is 12.0 Å². The molecule has 4 unspecified atom stereocenters. The van der Waals surface area contributed by atoms with Crippen molar-refractivity contribution in [3.63, 3.8) is 0 Å². The first-order chi connectivity index (χ1) is 10.4. The molecule has 3 saturated heterocycles. The minimum atomic E-state index is -1.72. The van der Waals surface area contributed by atoms with Gasteiger partial charge >= 0.3 is 0 Å². The van der Waals surface area contributed by atoms with Gasteiger partial charge in [-0.25, -0.2) is 0 Å². The minimum absolute atomic E-state index is 0.0403. The molecule has 0 saturated carbocycles. The summed E-state index contributed by atoms with van der Waals surface area (Å²) in [5.74, 6) is 0. The fraction of sp³-hybridized carbons (Fsp3) is 1.00. The highest BCUT2D eigenvalue weighted by molar-refractivity contribution is 6.91. The van der Waals surface area contributed by atoms with E-state index in [4.69, 9.17) is 8.85 Å². The maximum absolute atomic E-state index is 7.06. The van der Waals surface area contributed by atoms with Crippen molar-refractivity contribution in [2.24, 2.45) is 0 Å². The van der Waals surface area contributed by atoms with Crippen LogP contribution >= 0.6 is 0 Å². The van der Waals surface area contributed by atoms with Crippen molar-refractivity contribution in [3.8, 4) is 0 Å². The van der Waals surface area contributed by atoms with Gasteiger partial charge in [-0.2, -0.15) is 0 Å². The van der Waals surface area contributed by atoms with Gasteiger partial charge < -0.3 is 8.85 Å². The second-order valence-corrected chi connectivity index (χ2v) is 23.5. The summed E-state index contributed by atoms with van der Waals surface area (Å²) in [6.07, 6.45) is 3.75. The van der Waals surface area contributed by atoms with E-state index >= 15 is 0 Å². The Labute approximate surface area is 148 Å². The zero-order valence-corrected chi connectivity index (χ0v) is 20.1. The van der Waals surface area contributed by atoms with Crippen LogP contribution in [0.15, 0.2) is 0 Å². The maximum atomic E-state index is 7.06. The van der Waals surface area contributed by atoms with Gasteiger partial charge in [-0.1, -0.05) is 47.2 Å². The molecule has 3 rings (SSSR count). The number of rotatable bonds is 8. The molecule has 3 heterocycles. The molecule has 0 aliphatic carbocycles. The Balaban J connectivity index is 2.22. The van der Waals surface area contributed by atoms with E-state index in [1.54, 1.807) is 0 Å². The van der Waals surface area contributed by atoms with E-state index in [1.807, 2.05) is 0 Å². The van der Waals surface area contributed by atoms with Gasteiger partial charge in [-0.15, -0.1) is 0 Å². The predicted octanol–water partition coefficient (Wildman–Crippen LogP) is 6.10. The molecular formula is C18H40O2Si3. The van der Waals surface area contributed by atoms with E-state index in [-0.39, 0.29) is 10.4 Å². The molecule has 136 valence electrons. The summed E-state index contributed by atoms with van der Waals surface area (Å²) in [7, 11) is -4.64. The largest absolute Gasteiger partial charge is 0.412 e. The van der Waals surface area contributed by atoms with Crippen LogP contribution in [0.5, 0.6) is 0 Å². The first-order valence-corrected chi connectivity index (χ1v) is 18.3. The third-order valence-corrected chi connectivity index (χ3v) is 22.5. The molecule has 0 aromatic carbocycles. The molecule has 0 amide bonds. The third kappa shape index (κ3) is 2.88. The zero-order valence-electron chi connectivity index (χ0n) is 17.1. The van der Waals surface area contributed by atoms with Crippen LogP contribution in [-0.4, -0.2) is 35.2 Å². The summed E-state index contributed by atoms with van der Waals surface area (Å²) >= 11 is 0. The van der Waals surface area contributed by atoms with Crippen LogP contribution in [0.4, 0.5) is 0 Å². The van der Waals surface area contributed by atoms with Crippen LogP contribution in [0, 0.1) is 0 Å². The fourth-order valence-electron chi connectivity index (χ4n) is 4.88. The highest BCUT2D eigenvalue weighted by Gasteiger charge is 2.75. The Morgan fingerprint density at radius 3 is 2.22 bits per heavy atom. The molecule has 0 N–H and O–H groups in total. The normalized spacial score (nSPS) is 34.8. The predicted molar refractivity (Wildman–Crippen MR) is 109 cm³/mol. The van der Waals surface area contributed by atoms with Gasteiger partial charge in [-0.05, 0) is 56.5 Å². The molecular weight excluding hydrogens is 332 g/mol. The Hall–Kier alpha value is 0.571. The van der Waals surface area contributed by atoms with E-state index in [2.05, 4.69) is 60.8 Å². The van der Waals surface area contributed by atoms with Crippen LogP contribution < -0.4 is 0 Å². The Morgan fingerprint density at radius 2 is 1.78 bits per heavy atom. The molecule has 4 atom stereocenters. The van der Waals surface area contributed by atoms with E-state index in [1.165, 1.54) is 31.0 Å².